The molecular formula is C22H28N2O3S. The lowest BCUT2D eigenvalue weighted by atomic mass is 10.1. The first-order chi connectivity index (χ1) is 13.6. The molecule has 2 aromatic carbocycles. The molecule has 5 nitrogen and oxygen atoms in total. The van der Waals surface area contributed by atoms with Crippen molar-refractivity contribution in [1.82, 2.24) is 10.2 Å². The molecule has 0 radical (unpaired) electrons. The largest absolute Gasteiger partial charge is 0.497 e. The van der Waals surface area contributed by atoms with Crippen LogP contribution in [0.5, 0.6) is 5.75 Å². The summed E-state index contributed by atoms with van der Waals surface area (Å²) in [5.41, 5.74) is 2.14. The molecule has 0 saturated heterocycles. The third-order valence-electron chi connectivity index (χ3n) is 4.48. The first-order valence-corrected chi connectivity index (χ1v) is 10.5. The van der Waals surface area contributed by atoms with Gasteiger partial charge >= 0.3 is 0 Å². The summed E-state index contributed by atoms with van der Waals surface area (Å²) in [5.74, 6) is 1.68. The van der Waals surface area contributed by atoms with Gasteiger partial charge < -0.3 is 15.0 Å². The summed E-state index contributed by atoms with van der Waals surface area (Å²) in [6.07, 6.45) is 0.560. The quantitative estimate of drug-likeness (QED) is 0.663. The Kier molecular flexibility index (Phi) is 8.88. The number of nitrogens with zero attached hydrogens (tertiary/aromatic N) is 1. The molecule has 2 amide bonds. The van der Waals surface area contributed by atoms with Crippen molar-refractivity contribution in [3.05, 3.63) is 65.7 Å². The van der Waals surface area contributed by atoms with E-state index in [1.807, 2.05) is 61.5 Å². The number of methoxy groups -OCH3 is 1. The highest BCUT2D eigenvalue weighted by atomic mass is 32.2. The zero-order chi connectivity index (χ0) is 20.4. The van der Waals surface area contributed by atoms with Crippen LogP contribution in [0.2, 0.25) is 0 Å². The summed E-state index contributed by atoms with van der Waals surface area (Å²) in [6.45, 7) is 2.31. The summed E-state index contributed by atoms with van der Waals surface area (Å²) >= 11 is 1.56. The van der Waals surface area contributed by atoms with E-state index in [0.29, 0.717) is 18.7 Å². The molecule has 0 aliphatic heterocycles. The van der Waals surface area contributed by atoms with Crippen LogP contribution in [0.1, 0.15) is 24.5 Å². The Morgan fingerprint density at radius 3 is 2.32 bits per heavy atom. The molecule has 0 heterocycles. The van der Waals surface area contributed by atoms with Gasteiger partial charge in [-0.3, -0.25) is 9.59 Å². The van der Waals surface area contributed by atoms with Crippen molar-refractivity contribution in [1.29, 1.82) is 0 Å². The molecule has 6 heteroatoms. The van der Waals surface area contributed by atoms with Gasteiger partial charge in [-0.05, 0) is 29.7 Å². The molecule has 0 saturated carbocycles. The van der Waals surface area contributed by atoms with Gasteiger partial charge in [-0.15, -0.1) is 11.8 Å². The summed E-state index contributed by atoms with van der Waals surface area (Å²) in [4.78, 5) is 27.0. The lowest BCUT2D eigenvalue weighted by Crippen LogP contribution is -2.48. The molecule has 0 fully saturated rings. The molecular weight excluding hydrogens is 372 g/mol. The van der Waals surface area contributed by atoms with Crippen LogP contribution in [0.15, 0.2) is 54.6 Å². The summed E-state index contributed by atoms with van der Waals surface area (Å²) < 4.78 is 5.19. The Morgan fingerprint density at radius 2 is 1.75 bits per heavy atom. The molecule has 0 bridgehead atoms. The maximum absolute atomic E-state index is 13.0. The fraction of sp³-hybridized carbons (Fsp3) is 0.364. The van der Waals surface area contributed by atoms with Crippen LogP contribution in [0.25, 0.3) is 0 Å². The van der Waals surface area contributed by atoms with E-state index in [2.05, 4.69) is 5.32 Å². The number of ether oxygens (including phenoxy) is 1. The highest BCUT2D eigenvalue weighted by Gasteiger charge is 2.27. The van der Waals surface area contributed by atoms with Crippen molar-refractivity contribution in [2.45, 2.75) is 31.7 Å². The smallest absolute Gasteiger partial charge is 0.242 e. The number of amides is 2. The van der Waals surface area contributed by atoms with E-state index >= 15 is 0 Å². The second-order valence-corrected chi connectivity index (χ2v) is 7.37. The molecule has 28 heavy (non-hydrogen) atoms. The predicted molar refractivity (Wildman–Crippen MR) is 114 cm³/mol. The SMILES string of the molecule is CCC(C(=O)NC)N(Cc1ccc(OC)cc1)C(=O)CSCc1ccccc1. The normalized spacial score (nSPS) is 11.5. The Bertz CT molecular complexity index is 750. The minimum absolute atomic E-state index is 0.0350. The van der Waals surface area contributed by atoms with Crippen LogP contribution in [0.3, 0.4) is 0 Å². The number of hydrogen-bond acceptors (Lipinski definition) is 4. The van der Waals surface area contributed by atoms with E-state index in [1.54, 1.807) is 30.8 Å². The second kappa shape index (κ2) is 11.4. The average molecular weight is 401 g/mol. The topological polar surface area (TPSA) is 58.6 Å². The van der Waals surface area contributed by atoms with Gasteiger partial charge in [0.05, 0.1) is 12.9 Å². The molecule has 0 aliphatic carbocycles. The maximum Gasteiger partial charge on any atom is 0.242 e. The molecule has 2 rings (SSSR count). The van der Waals surface area contributed by atoms with Crippen molar-refractivity contribution >= 4 is 23.6 Å². The van der Waals surface area contributed by atoms with Gasteiger partial charge in [0, 0.05) is 19.3 Å². The van der Waals surface area contributed by atoms with E-state index in [9.17, 15) is 9.59 Å². The van der Waals surface area contributed by atoms with Gasteiger partial charge in [-0.1, -0.05) is 49.4 Å². The molecule has 1 unspecified atom stereocenters. The fourth-order valence-corrected chi connectivity index (χ4v) is 3.80. The molecule has 1 N–H and O–H groups in total. The van der Waals surface area contributed by atoms with Crippen LogP contribution in [0.4, 0.5) is 0 Å². The van der Waals surface area contributed by atoms with E-state index in [0.717, 1.165) is 17.1 Å². The number of benzene rings is 2. The minimum atomic E-state index is -0.489. The lowest BCUT2D eigenvalue weighted by Gasteiger charge is -2.30. The number of carbonyl (C=O) groups excluding carboxylic acids is 2. The van der Waals surface area contributed by atoms with Gasteiger partial charge in [-0.2, -0.15) is 0 Å². The van der Waals surface area contributed by atoms with E-state index in [4.69, 9.17) is 4.74 Å². The minimum Gasteiger partial charge on any atom is -0.497 e. The molecule has 2 aromatic rings. The van der Waals surface area contributed by atoms with Crippen molar-refractivity contribution in [3.63, 3.8) is 0 Å². The Morgan fingerprint density at radius 1 is 1.07 bits per heavy atom. The summed E-state index contributed by atoms with van der Waals surface area (Å²) in [6, 6.07) is 17.1. The lowest BCUT2D eigenvalue weighted by molar-refractivity contribution is -0.139. The molecule has 150 valence electrons. The van der Waals surface area contributed by atoms with Gasteiger partial charge in [-0.25, -0.2) is 0 Å². The molecule has 0 aliphatic rings. The number of thioether (sulfide) groups is 1. The first kappa shape index (κ1) is 21.8. The molecule has 1 atom stereocenters. The van der Waals surface area contributed by atoms with Gasteiger partial charge in [0.2, 0.25) is 11.8 Å². The van der Waals surface area contributed by atoms with Crippen LogP contribution in [0, 0.1) is 0 Å². The summed E-state index contributed by atoms with van der Waals surface area (Å²) in [7, 11) is 3.22. The highest BCUT2D eigenvalue weighted by molar-refractivity contribution is 7.99. The Labute approximate surface area is 171 Å². The second-order valence-electron chi connectivity index (χ2n) is 6.39. The van der Waals surface area contributed by atoms with Crippen molar-refractivity contribution < 1.29 is 14.3 Å². The van der Waals surface area contributed by atoms with E-state index < -0.39 is 6.04 Å². The van der Waals surface area contributed by atoms with Crippen molar-refractivity contribution in [2.75, 3.05) is 19.9 Å². The van der Waals surface area contributed by atoms with Crippen LogP contribution in [-0.2, 0) is 21.9 Å². The van der Waals surface area contributed by atoms with Crippen LogP contribution < -0.4 is 10.1 Å². The van der Waals surface area contributed by atoms with Crippen LogP contribution >= 0.6 is 11.8 Å². The number of likely N-dealkylation sites (N-methyl/N-ethyl adjacent to an activating group) is 1. The van der Waals surface area contributed by atoms with Crippen molar-refractivity contribution in [3.8, 4) is 5.75 Å². The number of carbonyl (C=O) groups is 2. The van der Waals surface area contributed by atoms with E-state index in [-0.39, 0.29) is 11.8 Å². The predicted octanol–water partition coefficient (Wildman–Crippen LogP) is 3.48. The highest BCUT2D eigenvalue weighted by Crippen LogP contribution is 2.18. The number of rotatable bonds is 10. The first-order valence-electron chi connectivity index (χ1n) is 9.34. The zero-order valence-corrected chi connectivity index (χ0v) is 17.5. The van der Waals surface area contributed by atoms with Gasteiger partial charge in [0.25, 0.3) is 0 Å². The average Bonchev–Trinajstić information content (AvgIpc) is 2.74. The maximum atomic E-state index is 13.0. The monoisotopic (exact) mass is 400 g/mol. The van der Waals surface area contributed by atoms with Gasteiger partial charge in [0.1, 0.15) is 11.8 Å². The van der Waals surface area contributed by atoms with Gasteiger partial charge in [0.15, 0.2) is 0 Å². The molecule has 0 spiro atoms. The number of hydrogen-bond donors (Lipinski definition) is 1. The Balaban J connectivity index is 2.09. The van der Waals surface area contributed by atoms with E-state index in [1.165, 1.54) is 5.56 Å². The summed E-state index contributed by atoms with van der Waals surface area (Å²) in [5, 5.41) is 2.68. The van der Waals surface area contributed by atoms with Crippen molar-refractivity contribution in [2.24, 2.45) is 0 Å². The third-order valence-corrected chi connectivity index (χ3v) is 5.47. The third kappa shape index (κ3) is 6.30. The Hall–Kier alpha value is -2.47. The zero-order valence-electron chi connectivity index (χ0n) is 16.7. The fourth-order valence-electron chi connectivity index (χ4n) is 2.93. The molecule has 0 aromatic heterocycles. The van der Waals surface area contributed by atoms with Crippen LogP contribution in [-0.4, -0.2) is 42.7 Å². The standard InChI is InChI=1S/C22H28N2O3S/c1-4-20(22(26)23-2)24(14-17-10-12-19(27-3)13-11-17)21(25)16-28-15-18-8-6-5-7-9-18/h5-13,20H,4,14-16H2,1-3H3,(H,23,26). The number of nitrogens with one attached hydrogen (secondary N) is 1.